The maximum Gasteiger partial charge on any atom is 0.322 e. The van der Waals surface area contributed by atoms with Crippen molar-refractivity contribution in [1.82, 2.24) is 4.72 Å². The van der Waals surface area contributed by atoms with Crippen LogP contribution >= 0.6 is 15.9 Å². The molecule has 0 heterocycles. The predicted molar refractivity (Wildman–Crippen MR) is 111 cm³/mol. The highest BCUT2D eigenvalue weighted by atomic mass is 79.9. The Hall–Kier alpha value is -2.48. The number of sulfonamides is 1. The van der Waals surface area contributed by atoms with Crippen LogP contribution in [-0.4, -0.2) is 25.5 Å². The lowest BCUT2D eigenvalue weighted by Gasteiger charge is -2.15. The minimum atomic E-state index is -3.97. The van der Waals surface area contributed by atoms with Crippen molar-refractivity contribution in [3.05, 3.63) is 88.9 Å². The molecule has 0 fully saturated rings. The third-order valence-corrected chi connectivity index (χ3v) is 6.24. The van der Waals surface area contributed by atoms with Crippen LogP contribution in [0.15, 0.2) is 88.2 Å². The highest BCUT2D eigenvalue weighted by Crippen LogP contribution is 2.23. The van der Waals surface area contributed by atoms with Crippen LogP contribution in [-0.2, 0) is 21.2 Å². The second-order valence-corrected chi connectivity index (χ2v) is 8.86. The molecule has 2 N–H and O–H groups in total. The molecule has 0 saturated carbocycles. The molecule has 1 atom stereocenters. The summed E-state index contributed by atoms with van der Waals surface area (Å²) in [5.74, 6) is -1.22. The first-order chi connectivity index (χ1) is 13.3. The number of carboxylic acids is 1. The molecule has 0 spiro atoms. The van der Waals surface area contributed by atoms with Gasteiger partial charge in [-0.05, 0) is 47.4 Å². The van der Waals surface area contributed by atoms with Crippen LogP contribution in [0.1, 0.15) is 5.56 Å². The van der Waals surface area contributed by atoms with Crippen molar-refractivity contribution in [2.75, 3.05) is 0 Å². The Balaban J connectivity index is 1.79. The standard InChI is InChI=1S/C21H18BrNO4S/c22-18-10-6-16(7-11-18)17-8-12-19(13-9-17)28(26,27)23-20(21(24)25)14-15-4-2-1-3-5-15/h1-13,20,23H,14H2,(H,24,25)/t20-/m0/s1. The van der Waals surface area contributed by atoms with Gasteiger partial charge in [-0.1, -0.05) is 70.5 Å². The summed E-state index contributed by atoms with van der Waals surface area (Å²) in [6.45, 7) is 0. The Labute approximate surface area is 172 Å². The van der Waals surface area contributed by atoms with E-state index in [-0.39, 0.29) is 11.3 Å². The Morgan fingerprint density at radius 3 is 1.96 bits per heavy atom. The van der Waals surface area contributed by atoms with Crippen molar-refractivity contribution >= 4 is 31.9 Å². The molecule has 3 aromatic carbocycles. The molecule has 0 bridgehead atoms. The third-order valence-electron chi connectivity index (χ3n) is 4.22. The number of benzene rings is 3. The number of carbonyl (C=O) groups is 1. The molecule has 0 saturated heterocycles. The molecular weight excluding hydrogens is 442 g/mol. The quantitative estimate of drug-likeness (QED) is 0.557. The van der Waals surface area contributed by atoms with E-state index in [9.17, 15) is 18.3 Å². The summed E-state index contributed by atoms with van der Waals surface area (Å²) < 4.78 is 28.5. The summed E-state index contributed by atoms with van der Waals surface area (Å²) in [5, 5.41) is 9.43. The number of halogens is 1. The lowest BCUT2D eigenvalue weighted by Crippen LogP contribution is -2.42. The lowest BCUT2D eigenvalue weighted by molar-refractivity contribution is -0.138. The molecule has 0 radical (unpaired) electrons. The van der Waals surface area contributed by atoms with Gasteiger partial charge in [0.25, 0.3) is 0 Å². The summed E-state index contributed by atoms with van der Waals surface area (Å²) in [6.07, 6.45) is 0.0619. The van der Waals surface area contributed by atoms with Crippen LogP contribution in [0.25, 0.3) is 11.1 Å². The molecule has 3 rings (SSSR count). The Kier molecular flexibility index (Phi) is 6.28. The van der Waals surface area contributed by atoms with Crippen LogP contribution < -0.4 is 4.72 Å². The lowest BCUT2D eigenvalue weighted by atomic mass is 10.1. The molecule has 0 aliphatic rings. The molecule has 0 aromatic heterocycles. The highest BCUT2D eigenvalue weighted by Gasteiger charge is 2.25. The van der Waals surface area contributed by atoms with Gasteiger partial charge in [0.1, 0.15) is 6.04 Å². The van der Waals surface area contributed by atoms with Gasteiger partial charge in [0, 0.05) is 4.47 Å². The molecule has 0 amide bonds. The molecule has 0 aliphatic carbocycles. The van der Waals surface area contributed by atoms with Crippen molar-refractivity contribution in [2.45, 2.75) is 17.4 Å². The monoisotopic (exact) mass is 459 g/mol. The number of nitrogens with one attached hydrogen (secondary N) is 1. The number of carboxylic acid groups (broad SMARTS) is 1. The van der Waals surface area contributed by atoms with E-state index in [1.165, 1.54) is 12.1 Å². The SMILES string of the molecule is O=C(O)[C@H](Cc1ccccc1)NS(=O)(=O)c1ccc(-c2ccc(Br)cc2)cc1. The van der Waals surface area contributed by atoms with Crippen molar-refractivity contribution in [3.63, 3.8) is 0 Å². The van der Waals surface area contributed by atoms with Crippen LogP contribution in [0.4, 0.5) is 0 Å². The van der Waals surface area contributed by atoms with E-state index in [0.29, 0.717) is 0 Å². The first-order valence-corrected chi connectivity index (χ1v) is 10.8. The van der Waals surface area contributed by atoms with Gasteiger partial charge in [-0.25, -0.2) is 8.42 Å². The number of hydrogen-bond acceptors (Lipinski definition) is 3. The summed E-state index contributed by atoms with van der Waals surface area (Å²) in [5.41, 5.74) is 2.56. The van der Waals surface area contributed by atoms with Crippen molar-refractivity contribution in [2.24, 2.45) is 0 Å². The second kappa shape index (κ2) is 8.68. The summed E-state index contributed by atoms with van der Waals surface area (Å²) in [6, 6.07) is 21.7. The maximum absolute atomic E-state index is 12.6. The van der Waals surface area contributed by atoms with Gasteiger partial charge in [0.15, 0.2) is 0 Å². The zero-order valence-corrected chi connectivity index (χ0v) is 17.2. The van der Waals surface area contributed by atoms with E-state index in [2.05, 4.69) is 20.7 Å². The van der Waals surface area contributed by atoms with E-state index >= 15 is 0 Å². The Morgan fingerprint density at radius 2 is 1.43 bits per heavy atom. The van der Waals surface area contributed by atoms with Crippen LogP contribution in [0, 0.1) is 0 Å². The minimum Gasteiger partial charge on any atom is -0.480 e. The van der Waals surface area contributed by atoms with Crippen LogP contribution in [0.5, 0.6) is 0 Å². The Morgan fingerprint density at radius 1 is 0.893 bits per heavy atom. The minimum absolute atomic E-state index is 0.0210. The van der Waals surface area contributed by atoms with E-state index < -0.39 is 22.0 Å². The highest BCUT2D eigenvalue weighted by molar-refractivity contribution is 9.10. The summed E-state index contributed by atoms with van der Waals surface area (Å²) in [7, 11) is -3.97. The third kappa shape index (κ3) is 5.07. The smallest absolute Gasteiger partial charge is 0.322 e. The number of hydrogen-bond donors (Lipinski definition) is 2. The normalized spacial score (nSPS) is 12.5. The first kappa shape index (κ1) is 20.3. The zero-order valence-electron chi connectivity index (χ0n) is 14.7. The largest absolute Gasteiger partial charge is 0.480 e. The zero-order chi connectivity index (χ0) is 20.1. The van der Waals surface area contributed by atoms with Crippen molar-refractivity contribution in [3.8, 4) is 11.1 Å². The van der Waals surface area contributed by atoms with Gasteiger partial charge in [0.2, 0.25) is 10.0 Å². The number of rotatable bonds is 7. The van der Waals surface area contributed by atoms with E-state index in [0.717, 1.165) is 21.2 Å². The Bertz CT molecular complexity index is 1050. The molecule has 0 unspecified atom stereocenters. The molecule has 7 heteroatoms. The molecule has 5 nitrogen and oxygen atoms in total. The van der Waals surface area contributed by atoms with Gasteiger partial charge >= 0.3 is 5.97 Å². The van der Waals surface area contributed by atoms with Gasteiger partial charge in [-0.15, -0.1) is 0 Å². The maximum atomic E-state index is 12.6. The van der Waals surface area contributed by atoms with E-state index in [1.807, 2.05) is 30.3 Å². The van der Waals surface area contributed by atoms with Gasteiger partial charge in [-0.3, -0.25) is 4.79 Å². The number of aliphatic carboxylic acids is 1. The average molecular weight is 460 g/mol. The predicted octanol–water partition coefficient (Wildman–Crippen LogP) is 4.09. The van der Waals surface area contributed by atoms with Crippen molar-refractivity contribution < 1.29 is 18.3 Å². The fourth-order valence-corrected chi connectivity index (χ4v) is 4.21. The fraction of sp³-hybridized carbons (Fsp3) is 0.0952. The summed E-state index contributed by atoms with van der Waals surface area (Å²) in [4.78, 5) is 11.6. The second-order valence-electron chi connectivity index (χ2n) is 6.23. The van der Waals surface area contributed by atoms with E-state index in [4.69, 9.17) is 0 Å². The first-order valence-electron chi connectivity index (χ1n) is 8.50. The molecule has 0 aliphatic heterocycles. The van der Waals surface area contributed by atoms with Crippen LogP contribution in [0.2, 0.25) is 0 Å². The van der Waals surface area contributed by atoms with E-state index in [1.54, 1.807) is 36.4 Å². The van der Waals surface area contributed by atoms with Gasteiger partial charge < -0.3 is 5.11 Å². The average Bonchev–Trinajstić information content (AvgIpc) is 2.69. The molecule has 3 aromatic rings. The van der Waals surface area contributed by atoms with Crippen LogP contribution in [0.3, 0.4) is 0 Å². The summed E-state index contributed by atoms with van der Waals surface area (Å²) >= 11 is 3.38. The molecule has 144 valence electrons. The molecule has 28 heavy (non-hydrogen) atoms. The van der Waals surface area contributed by atoms with Gasteiger partial charge in [0.05, 0.1) is 4.90 Å². The topological polar surface area (TPSA) is 83.5 Å². The van der Waals surface area contributed by atoms with Gasteiger partial charge in [-0.2, -0.15) is 4.72 Å². The molecular formula is C21H18BrNO4S. The fourth-order valence-electron chi connectivity index (χ4n) is 2.75. The van der Waals surface area contributed by atoms with Crippen molar-refractivity contribution in [1.29, 1.82) is 0 Å².